The van der Waals surface area contributed by atoms with E-state index in [0.29, 0.717) is 18.3 Å². The lowest BCUT2D eigenvalue weighted by Gasteiger charge is -1.96. The minimum Gasteiger partial charge on any atom is -0.334 e. The van der Waals surface area contributed by atoms with Gasteiger partial charge in [0.05, 0.1) is 5.56 Å². The lowest BCUT2D eigenvalue weighted by Crippen LogP contribution is -2.01. The number of rotatable bonds is 4. The summed E-state index contributed by atoms with van der Waals surface area (Å²) in [7, 11) is 0. The molecule has 0 spiro atoms. The van der Waals surface area contributed by atoms with Gasteiger partial charge in [0.1, 0.15) is 0 Å². The van der Waals surface area contributed by atoms with Gasteiger partial charge in [-0.3, -0.25) is 4.98 Å². The van der Waals surface area contributed by atoms with Gasteiger partial charge in [-0.05, 0) is 32.0 Å². The van der Waals surface area contributed by atoms with E-state index in [2.05, 4.69) is 15.1 Å². The van der Waals surface area contributed by atoms with E-state index >= 15 is 0 Å². The number of nitrogens with two attached hydrogens (primary N) is 1. The molecular weight excluding hydrogens is 204 g/mol. The molecule has 0 aliphatic carbocycles. The summed E-state index contributed by atoms with van der Waals surface area (Å²) in [6.07, 6.45) is 3.36. The second-order valence-corrected chi connectivity index (χ2v) is 3.54. The van der Waals surface area contributed by atoms with Crippen LogP contribution in [-0.4, -0.2) is 21.7 Å². The van der Waals surface area contributed by atoms with Crippen molar-refractivity contribution in [3.05, 3.63) is 29.8 Å². The fraction of sp³-hybridized carbons (Fsp3) is 0.364. The van der Waals surface area contributed by atoms with Crippen molar-refractivity contribution in [2.75, 3.05) is 6.54 Å². The topological polar surface area (TPSA) is 77.8 Å². The minimum atomic E-state index is 0.526. The van der Waals surface area contributed by atoms with Crippen LogP contribution in [0.3, 0.4) is 0 Å². The Hall–Kier alpha value is -1.75. The molecule has 0 saturated carbocycles. The fourth-order valence-corrected chi connectivity index (χ4v) is 1.44. The number of hydrogen-bond acceptors (Lipinski definition) is 5. The first-order valence-corrected chi connectivity index (χ1v) is 5.26. The van der Waals surface area contributed by atoms with Gasteiger partial charge in [-0.2, -0.15) is 4.98 Å². The first kappa shape index (κ1) is 10.8. The van der Waals surface area contributed by atoms with Crippen LogP contribution in [0.25, 0.3) is 11.5 Å². The maximum Gasteiger partial charge on any atom is 0.259 e. The fourth-order valence-electron chi connectivity index (χ4n) is 1.44. The van der Waals surface area contributed by atoms with Crippen molar-refractivity contribution in [1.82, 2.24) is 15.1 Å². The van der Waals surface area contributed by atoms with Crippen molar-refractivity contribution >= 4 is 0 Å². The predicted molar refractivity (Wildman–Crippen MR) is 59.6 cm³/mol. The third-order valence-corrected chi connectivity index (χ3v) is 2.31. The first-order chi connectivity index (χ1) is 7.81. The van der Waals surface area contributed by atoms with Gasteiger partial charge in [-0.25, -0.2) is 0 Å². The molecule has 0 fully saturated rings. The molecule has 2 aromatic rings. The van der Waals surface area contributed by atoms with Crippen molar-refractivity contribution in [2.45, 2.75) is 19.8 Å². The van der Waals surface area contributed by atoms with Gasteiger partial charge in [0, 0.05) is 18.3 Å². The van der Waals surface area contributed by atoms with Gasteiger partial charge >= 0.3 is 0 Å². The Bertz CT molecular complexity index is 467. The highest BCUT2D eigenvalue weighted by atomic mass is 16.5. The van der Waals surface area contributed by atoms with E-state index in [0.717, 1.165) is 24.1 Å². The molecule has 16 heavy (non-hydrogen) atoms. The summed E-state index contributed by atoms with van der Waals surface area (Å²) in [6, 6.07) is 3.77. The Kier molecular flexibility index (Phi) is 3.26. The standard InChI is InChI=1S/C11H14N4O/c1-8-9(4-3-7-13-8)11-14-10(15-16-11)5-2-6-12/h3-4,7H,2,5-6,12H2,1H3. The molecule has 0 atom stereocenters. The Balaban J connectivity index is 2.22. The predicted octanol–water partition coefficient (Wildman–Crippen LogP) is 1.33. The molecule has 5 nitrogen and oxygen atoms in total. The third kappa shape index (κ3) is 2.25. The molecule has 0 aliphatic heterocycles. The van der Waals surface area contributed by atoms with E-state index in [1.165, 1.54) is 0 Å². The van der Waals surface area contributed by atoms with Crippen molar-refractivity contribution in [1.29, 1.82) is 0 Å². The third-order valence-electron chi connectivity index (χ3n) is 2.31. The molecule has 0 radical (unpaired) electrons. The molecule has 2 aromatic heterocycles. The van der Waals surface area contributed by atoms with Gasteiger partial charge in [-0.1, -0.05) is 5.16 Å². The average Bonchev–Trinajstić information content (AvgIpc) is 2.75. The van der Waals surface area contributed by atoms with Crippen molar-refractivity contribution in [3.63, 3.8) is 0 Å². The zero-order chi connectivity index (χ0) is 11.4. The summed E-state index contributed by atoms with van der Waals surface area (Å²) in [6.45, 7) is 2.55. The number of nitrogens with zero attached hydrogens (tertiary/aromatic N) is 3. The molecule has 0 bridgehead atoms. The van der Waals surface area contributed by atoms with Gasteiger partial charge in [-0.15, -0.1) is 0 Å². The molecule has 2 N–H and O–H groups in total. The maximum absolute atomic E-state index is 5.42. The highest BCUT2D eigenvalue weighted by Gasteiger charge is 2.10. The summed E-state index contributed by atoms with van der Waals surface area (Å²) in [5, 5.41) is 3.90. The van der Waals surface area contributed by atoms with Crippen LogP contribution in [0, 0.1) is 6.92 Å². The van der Waals surface area contributed by atoms with Crippen molar-refractivity contribution < 1.29 is 4.52 Å². The zero-order valence-corrected chi connectivity index (χ0v) is 9.18. The minimum absolute atomic E-state index is 0.526. The first-order valence-electron chi connectivity index (χ1n) is 5.26. The molecule has 0 amide bonds. The smallest absolute Gasteiger partial charge is 0.259 e. The quantitative estimate of drug-likeness (QED) is 0.837. The van der Waals surface area contributed by atoms with Crippen molar-refractivity contribution in [3.8, 4) is 11.5 Å². The Morgan fingerprint density at radius 3 is 3.06 bits per heavy atom. The second kappa shape index (κ2) is 4.85. The molecule has 0 saturated heterocycles. The number of hydrogen-bond donors (Lipinski definition) is 1. The summed E-state index contributed by atoms with van der Waals surface area (Å²) < 4.78 is 5.19. The number of pyridine rings is 1. The van der Waals surface area contributed by atoms with Crippen LogP contribution < -0.4 is 5.73 Å². The molecular formula is C11H14N4O. The normalized spacial score (nSPS) is 10.6. The zero-order valence-electron chi connectivity index (χ0n) is 9.18. The van der Waals surface area contributed by atoms with Crippen LogP contribution in [0.1, 0.15) is 17.9 Å². The molecule has 0 aromatic carbocycles. The SMILES string of the molecule is Cc1ncccc1-c1nc(CCCN)no1. The Labute approximate surface area is 93.7 Å². The van der Waals surface area contributed by atoms with Crippen LogP contribution in [0.2, 0.25) is 0 Å². The summed E-state index contributed by atoms with van der Waals surface area (Å²) >= 11 is 0. The molecule has 5 heteroatoms. The summed E-state index contributed by atoms with van der Waals surface area (Å²) in [4.78, 5) is 8.48. The highest BCUT2D eigenvalue weighted by molar-refractivity contribution is 5.55. The number of aromatic nitrogens is 3. The van der Waals surface area contributed by atoms with Crippen LogP contribution in [0.15, 0.2) is 22.9 Å². The Morgan fingerprint density at radius 2 is 2.31 bits per heavy atom. The van der Waals surface area contributed by atoms with Gasteiger partial charge < -0.3 is 10.3 Å². The molecule has 2 heterocycles. The van der Waals surface area contributed by atoms with Gasteiger partial charge in [0.2, 0.25) is 0 Å². The van der Waals surface area contributed by atoms with E-state index in [1.807, 2.05) is 19.1 Å². The van der Waals surface area contributed by atoms with Crippen LogP contribution in [0.4, 0.5) is 0 Å². The van der Waals surface area contributed by atoms with E-state index < -0.39 is 0 Å². The average molecular weight is 218 g/mol. The van der Waals surface area contributed by atoms with E-state index in [4.69, 9.17) is 10.3 Å². The van der Waals surface area contributed by atoms with Crippen molar-refractivity contribution in [2.24, 2.45) is 5.73 Å². The highest BCUT2D eigenvalue weighted by Crippen LogP contribution is 2.19. The van der Waals surface area contributed by atoms with Crippen LogP contribution >= 0.6 is 0 Å². The van der Waals surface area contributed by atoms with E-state index in [9.17, 15) is 0 Å². The molecule has 0 aliphatic rings. The molecule has 2 rings (SSSR count). The van der Waals surface area contributed by atoms with Gasteiger partial charge in [0.15, 0.2) is 5.82 Å². The molecule has 0 unspecified atom stereocenters. The number of aryl methyl sites for hydroxylation is 2. The van der Waals surface area contributed by atoms with Crippen LogP contribution in [-0.2, 0) is 6.42 Å². The monoisotopic (exact) mass is 218 g/mol. The summed E-state index contributed by atoms with van der Waals surface area (Å²) in [5.41, 5.74) is 7.19. The Morgan fingerprint density at radius 1 is 1.44 bits per heavy atom. The lowest BCUT2D eigenvalue weighted by molar-refractivity contribution is 0.421. The van der Waals surface area contributed by atoms with E-state index in [1.54, 1.807) is 6.20 Å². The van der Waals surface area contributed by atoms with E-state index in [-0.39, 0.29) is 0 Å². The largest absolute Gasteiger partial charge is 0.334 e. The van der Waals surface area contributed by atoms with Gasteiger partial charge in [0.25, 0.3) is 5.89 Å². The lowest BCUT2D eigenvalue weighted by atomic mass is 10.2. The summed E-state index contributed by atoms with van der Waals surface area (Å²) in [5.74, 6) is 1.22. The van der Waals surface area contributed by atoms with Crippen LogP contribution in [0.5, 0.6) is 0 Å². The second-order valence-electron chi connectivity index (χ2n) is 3.54. The maximum atomic E-state index is 5.42. The molecule has 84 valence electrons.